The van der Waals surface area contributed by atoms with Gasteiger partial charge in [-0.15, -0.1) is 0 Å². The number of halogens is 2. The standard InChI is InChI=1S/C16H14ClFO3/c17-12-4-2-5-13(18)11(12)9-14(19)10-3-1-6-15-16(10)21-8-7-20-15/h1-6,14,19H,7-9H2. The predicted molar refractivity (Wildman–Crippen MR) is 77.5 cm³/mol. The summed E-state index contributed by atoms with van der Waals surface area (Å²) in [6.45, 7) is 0.906. The van der Waals surface area contributed by atoms with E-state index in [1.54, 1.807) is 24.3 Å². The van der Waals surface area contributed by atoms with Gasteiger partial charge in [-0.1, -0.05) is 29.8 Å². The van der Waals surface area contributed by atoms with Gasteiger partial charge in [-0.25, -0.2) is 4.39 Å². The van der Waals surface area contributed by atoms with Crippen LogP contribution < -0.4 is 9.47 Å². The summed E-state index contributed by atoms with van der Waals surface area (Å²) in [6, 6.07) is 9.76. The van der Waals surface area contributed by atoms with E-state index in [0.29, 0.717) is 40.9 Å². The van der Waals surface area contributed by atoms with E-state index in [9.17, 15) is 9.50 Å². The number of para-hydroxylation sites is 1. The molecule has 3 nitrogen and oxygen atoms in total. The summed E-state index contributed by atoms with van der Waals surface area (Å²) in [5, 5.41) is 10.7. The van der Waals surface area contributed by atoms with E-state index >= 15 is 0 Å². The summed E-state index contributed by atoms with van der Waals surface area (Å²) in [7, 11) is 0. The van der Waals surface area contributed by atoms with E-state index in [0.717, 1.165) is 0 Å². The van der Waals surface area contributed by atoms with E-state index in [1.807, 2.05) is 0 Å². The molecule has 0 amide bonds. The second kappa shape index (κ2) is 5.92. The first kappa shape index (κ1) is 14.2. The molecule has 1 heterocycles. The molecule has 0 fully saturated rings. The van der Waals surface area contributed by atoms with Crippen LogP contribution in [0.5, 0.6) is 11.5 Å². The summed E-state index contributed by atoms with van der Waals surface area (Å²) in [5.74, 6) is 0.685. The number of ether oxygens (including phenoxy) is 2. The quantitative estimate of drug-likeness (QED) is 0.943. The molecule has 21 heavy (non-hydrogen) atoms. The lowest BCUT2D eigenvalue weighted by Crippen LogP contribution is -2.18. The Morgan fingerprint density at radius 1 is 1.14 bits per heavy atom. The van der Waals surface area contributed by atoms with Crippen molar-refractivity contribution in [1.29, 1.82) is 0 Å². The summed E-state index contributed by atoms with van der Waals surface area (Å²) in [4.78, 5) is 0. The van der Waals surface area contributed by atoms with Crippen molar-refractivity contribution >= 4 is 11.6 Å². The maximum atomic E-state index is 13.8. The van der Waals surface area contributed by atoms with Crippen LogP contribution in [-0.2, 0) is 6.42 Å². The molecule has 0 saturated carbocycles. The molecule has 1 aliphatic heterocycles. The van der Waals surface area contributed by atoms with Crippen molar-refractivity contribution in [3.05, 3.63) is 58.4 Å². The molecule has 110 valence electrons. The molecular formula is C16H14ClFO3. The second-order valence-electron chi connectivity index (χ2n) is 4.79. The highest BCUT2D eigenvalue weighted by atomic mass is 35.5. The summed E-state index contributed by atoms with van der Waals surface area (Å²) in [5.41, 5.74) is 0.868. The van der Waals surface area contributed by atoms with Gasteiger partial charge < -0.3 is 14.6 Å². The number of aliphatic hydroxyl groups excluding tert-OH is 1. The van der Waals surface area contributed by atoms with E-state index in [-0.39, 0.29) is 6.42 Å². The lowest BCUT2D eigenvalue weighted by Gasteiger charge is -2.23. The van der Waals surface area contributed by atoms with Gasteiger partial charge in [0.05, 0.1) is 6.10 Å². The predicted octanol–water partition coefficient (Wildman–Crippen LogP) is 3.53. The van der Waals surface area contributed by atoms with Crippen LogP contribution in [0.2, 0.25) is 5.02 Å². The Bertz CT molecular complexity index is 640. The minimum Gasteiger partial charge on any atom is -0.486 e. The third-order valence-corrected chi connectivity index (χ3v) is 3.77. The molecule has 1 atom stereocenters. The Morgan fingerprint density at radius 3 is 2.71 bits per heavy atom. The lowest BCUT2D eigenvalue weighted by molar-refractivity contribution is 0.145. The van der Waals surface area contributed by atoms with E-state index < -0.39 is 11.9 Å². The fourth-order valence-electron chi connectivity index (χ4n) is 2.39. The first-order valence-corrected chi connectivity index (χ1v) is 7.04. The number of rotatable bonds is 3. The molecule has 0 aromatic heterocycles. The van der Waals surface area contributed by atoms with Gasteiger partial charge in [0.1, 0.15) is 19.0 Å². The van der Waals surface area contributed by atoms with Gasteiger partial charge in [0.25, 0.3) is 0 Å². The minimum absolute atomic E-state index is 0.0747. The zero-order chi connectivity index (χ0) is 14.8. The van der Waals surface area contributed by atoms with Crippen LogP contribution in [0.1, 0.15) is 17.2 Å². The molecule has 5 heteroatoms. The van der Waals surface area contributed by atoms with Gasteiger partial charge in [0.2, 0.25) is 0 Å². The zero-order valence-corrected chi connectivity index (χ0v) is 11.9. The smallest absolute Gasteiger partial charge is 0.167 e. The Kier molecular flexibility index (Phi) is 3.99. The molecule has 2 aromatic carbocycles. The third kappa shape index (κ3) is 2.82. The van der Waals surface area contributed by atoms with Crippen LogP contribution in [0, 0.1) is 5.82 Å². The molecular weight excluding hydrogens is 295 g/mol. The average molecular weight is 309 g/mol. The number of aliphatic hydroxyl groups is 1. The molecule has 1 unspecified atom stereocenters. The third-order valence-electron chi connectivity index (χ3n) is 3.41. The van der Waals surface area contributed by atoms with Gasteiger partial charge in [-0.05, 0) is 18.2 Å². The summed E-state index contributed by atoms with van der Waals surface area (Å²) < 4.78 is 24.9. The Morgan fingerprint density at radius 2 is 1.90 bits per heavy atom. The molecule has 0 spiro atoms. The summed E-state index contributed by atoms with van der Waals surface area (Å²) in [6.07, 6.45) is -0.846. The van der Waals surface area contributed by atoms with Gasteiger partial charge in [0.15, 0.2) is 11.5 Å². The van der Waals surface area contributed by atoms with Crippen LogP contribution in [0.15, 0.2) is 36.4 Å². The first-order chi connectivity index (χ1) is 10.2. The van der Waals surface area contributed by atoms with Crippen molar-refractivity contribution in [3.63, 3.8) is 0 Å². The SMILES string of the molecule is OC(Cc1c(F)cccc1Cl)c1cccc2c1OCCO2. The van der Waals surface area contributed by atoms with Crippen molar-refractivity contribution in [3.8, 4) is 11.5 Å². The second-order valence-corrected chi connectivity index (χ2v) is 5.20. The fraction of sp³-hybridized carbons (Fsp3) is 0.250. The van der Waals surface area contributed by atoms with E-state index in [4.69, 9.17) is 21.1 Å². The number of hydrogen-bond donors (Lipinski definition) is 1. The highest BCUT2D eigenvalue weighted by Crippen LogP contribution is 2.38. The molecule has 3 rings (SSSR count). The minimum atomic E-state index is -0.920. The highest BCUT2D eigenvalue weighted by Gasteiger charge is 2.22. The maximum absolute atomic E-state index is 13.8. The van der Waals surface area contributed by atoms with Crippen LogP contribution in [0.25, 0.3) is 0 Å². The molecule has 1 aliphatic rings. The van der Waals surface area contributed by atoms with E-state index in [2.05, 4.69) is 0 Å². The maximum Gasteiger partial charge on any atom is 0.167 e. The van der Waals surface area contributed by atoms with Gasteiger partial charge in [-0.2, -0.15) is 0 Å². The number of hydrogen-bond acceptors (Lipinski definition) is 3. The molecule has 0 aliphatic carbocycles. The van der Waals surface area contributed by atoms with Gasteiger partial charge in [0, 0.05) is 22.6 Å². The molecule has 0 saturated heterocycles. The highest BCUT2D eigenvalue weighted by molar-refractivity contribution is 6.31. The van der Waals surface area contributed by atoms with Crippen molar-refractivity contribution in [2.45, 2.75) is 12.5 Å². The van der Waals surface area contributed by atoms with Gasteiger partial charge in [-0.3, -0.25) is 0 Å². The molecule has 2 aromatic rings. The number of fused-ring (bicyclic) bond motifs is 1. The van der Waals surface area contributed by atoms with Crippen LogP contribution in [-0.4, -0.2) is 18.3 Å². The van der Waals surface area contributed by atoms with Crippen molar-refractivity contribution in [2.75, 3.05) is 13.2 Å². The van der Waals surface area contributed by atoms with E-state index in [1.165, 1.54) is 12.1 Å². The average Bonchev–Trinajstić information content (AvgIpc) is 2.50. The van der Waals surface area contributed by atoms with Crippen LogP contribution >= 0.6 is 11.6 Å². The normalized spacial score (nSPS) is 14.8. The lowest BCUT2D eigenvalue weighted by atomic mass is 9.99. The summed E-state index contributed by atoms with van der Waals surface area (Å²) >= 11 is 6.00. The fourth-order valence-corrected chi connectivity index (χ4v) is 2.63. The monoisotopic (exact) mass is 308 g/mol. The van der Waals surface area contributed by atoms with Gasteiger partial charge >= 0.3 is 0 Å². The van der Waals surface area contributed by atoms with Crippen molar-refractivity contribution < 1.29 is 19.0 Å². The Balaban J connectivity index is 1.91. The first-order valence-electron chi connectivity index (χ1n) is 6.66. The number of benzene rings is 2. The van der Waals surface area contributed by atoms with Crippen molar-refractivity contribution in [1.82, 2.24) is 0 Å². The molecule has 0 radical (unpaired) electrons. The molecule has 0 bridgehead atoms. The van der Waals surface area contributed by atoms with Crippen LogP contribution in [0.4, 0.5) is 4.39 Å². The Hall–Kier alpha value is -1.78. The largest absolute Gasteiger partial charge is 0.486 e. The van der Waals surface area contributed by atoms with Crippen LogP contribution in [0.3, 0.4) is 0 Å². The zero-order valence-electron chi connectivity index (χ0n) is 11.2. The molecule has 1 N–H and O–H groups in total. The topological polar surface area (TPSA) is 38.7 Å². The Labute approximate surface area is 126 Å². The van der Waals surface area contributed by atoms with Crippen molar-refractivity contribution in [2.24, 2.45) is 0 Å².